The number of hydrogen-bond acceptors (Lipinski definition) is 8. The molecule has 1 aliphatic heterocycles. The number of carbonyl (C=O) groups is 5. The number of aryl methyl sites for hydroxylation is 1. The molecule has 1 atom stereocenters. The number of nitrogens with one attached hydrogen (secondary N) is 1. The van der Waals surface area contributed by atoms with E-state index in [2.05, 4.69) is 10.3 Å². The Morgan fingerprint density at radius 1 is 0.953 bits per heavy atom. The number of aromatic carboxylic acids is 1. The normalized spacial score (nSPS) is 13.7. The highest BCUT2D eigenvalue weighted by Crippen LogP contribution is 2.32. The Labute approximate surface area is 247 Å². The molecule has 0 aliphatic carbocycles. The topological polar surface area (TPSA) is 176 Å². The average Bonchev–Trinajstić information content (AvgIpc) is 2.99. The van der Waals surface area contributed by atoms with Gasteiger partial charge in [0.2, 0.25) is 5.91 Å². The van der Waals surface area contributed by atoms with Crippen molar-refractivity contribution in [2.24, 2.45) is 5.92 Å². The summed E-state index contributed by atoms with van der Waals surface area (Å²) in [4.78, 5) is 68.6. The van der Waals surface area contributed by atoms with Gasteiger partial charge in [0, 0.05) is 44.2 Å². The van der Waals surface area contributed by atoms with E-state index in [1.54, 1.807) is 44.2 Å². The number of ether oxygens (including phenoxy) is 2. The second-order valence-electron chi connectivity index (χ2n) is 9.86. The largest absolute Gasteiger partial charge is 0.481 e. The van der Waals surface area contributed by atoms with Gasteiger partial charge < -0.3 is 34.8 Å². The summed E-state index contributed by atoms with van der Waals surface area (Å²) in [5.41, 5.74) is 1.18. The lowest BCUT2D eigenvalue weighted by atomic mass is 10.0. The standard InChI is InChI=1S/C30H32N4O9/c1-3-42-30(41)34-14-12-33(13-15-34)27(36)21(29(39)40)10-11-31-26(35)23-17-25(20-6-4-5-7-22(20)32-23)43-24-16-19(28(37)38)9-8-18(24)2/h4-9,16-17,21H,3,10-15H2,1-2H3,(H,31,35)(H,37,38)(H,39,40). The zero-order valence-corrected chi connectivity index (χ0v) is 23.7. The molecule has 0 bridgehead atoms. The fourth-order valence-corrected chi connectivity index (χ4v) is 4.62. The Morgan fingerprint density at radius 3 is 2.33 bits per heavy atom. The molecular formula is C30H32N4O9. The summed E-state index contributed by atoms with van der Waals surface area (Å²) in [6.45, 7) is 4.37. The highest BCUT2D eigenvalue weighted by Gasteiger charge is 2.33. The number of aliphatic carboxylic acids is 1. The number of rotatable bonds is 10. The SMILES string of the molecule is CCOC(=O)N1CCN(C(=O)C(CCNC(=O)c2cc(Oc3cc(C(=O)O)ccc3C)c3ccccc3n2)C(=O)O)CC1. The minimum atomic E-state index is -1.39. The van der Waals surface area contributed by atoms with Crippen molar-refractivity contribution in [2.75, 3.05) is 39.3 Å². The zero-order chi connectivity index (χ0) is 31.1. The molecule has 0 saturated carbocycles. The molecule has 13 nitrogen and oxygen atoms in total. The van der Waals surface area contributed by atoms with E-state index in [4.69, 9.17) is 9.47 Å². The third kappa shape index (κ3) is 7.36. The quantitative estimate of drug-likeness (QED) is 0.297. The van der Waals surface area contributed by atoms with E-state index in [-0.39, 0.29) is 62.8 Å². The van der Waals surface area contributed by atoms with Crippen LogP contribution < -0.4 is 10.1 Å². The van der Waals surface area contributed by atoms with Crippen LogP contribution in [0.15, 0.2) is 48.5 Å². The van der Waals surface area contributed by atoms with Gasteiger partial charge in [0.25, 0.3) is 5.91 Å². The highest BCUT2D eigenvalue weighted by molar-refractivity contribution is 5.98. The van der Waals surface area contributed by atoms with Crippen molar-refractivity contribution in [3.05, 3.63) is 65.4 Å². The van der Waals surface area contributed by atoms with Crippen molar-refractivity contribution in [3.63, 3.8) is 0 Å². The number of piperazine rings is 1. The van der Waals surface area contributed by atoms with Gasteiger partial charge >= 0.3 is 18.0 Å². The van der Waals surface area contributed by atoms with Gasteiger partial charge in [-0.3, -0.25) is 14.4 Å². The highest BCUT2D eigenvalue weighted by atomic mass is 16.6. The predicted octanol–water partition coefficient (Wildman–Crippen LogP) is 3.16. The van der Waals surface area contributed by atoms with Crippen LogP contribution in [-0.2, 0) is 14.3 Å². The van der Waals surface area contributed by atoms with Gasteiger partial charge in [-0.05, 0) is 50.1 Å². The molecule has 43 heavy (non-hydrogen) atoms. The summed E-state index contributed by atoms with van der Waals surface area (Å²) < 4.78 is 11.0. The molecule has 226 valence electrons. The number of pyridine rings is 1. The second-order valence-corrected chi connectivity index (χ2v) is 9.86. The molecule has 1 saturated heterocycles. The Hall–Kier alpha value is -5.20. The summed E-state index contributed by atoms with van der Waals surface area (Å²) >= 11 is 0. The minimum Gasteiger partial charge on any atom is -0.481 e. The summed E-state index contributed by atoms with van der Waals surface area (Å²) in [6, 6.07) is 12.9. The van der Waals surface area contributed by atoms with Crippen LogP contribution in [0.25, 0.3) is 10.9 Å². The number of nitrogens with zero attached hydrogens (tertiary/aromatic N) is 3. The van der Waals surface area contributed by atoms with E-state index in [9.17, 15) is 34.2 Å². The molecule has 1 aliphatic rings. The molecule has 3 N–H and O–H groups in total. The Kier molecular flexibility index (Phi) is 9.76. The minimum absolute atomic E-state index is 0.00553. The van der Waals surface area contributed by atoms with E-state index in [1.807, 2.05) is 0 Å². The van der Waals surface area contributed by atoms with E-state index >= 15 is 0 Å². The summed E-state index contributed by atoms with van der Waals surface area (Å²) in [6.07, 6.45) is -0.636. The Morgan fingerprint density at radius 2 is 1.65 bits per heavy atom. The van der Waals surface area contributed by atoms with E-state index in [0.29, 0.717) is 22.2 Å². The van der Waals surface area contributed by atoms with Crippen LogP contribution in [0.4, 0.5) is 4.79 Å². The zero-order valence-electron chi connectivity index (χ0n) is 23.7. The van der Waals surface area contributed by atoms with Crippen LogP contribution in [-0.4, -0.2) is 94.2 Å². The molecule has 1 aromatic heterocycles. The van der Waals surface area contributed by atoms with Crippen molar-refractivity contribution < 1.29 is 43.7 Å². The molecule has 1 fully saturated rings. The number of carboxylic acid groups (broad SMARTS) is 2. The monoisotopic (exact) mass is 592 g/mol. The molecule has 3 amide bonds. The van der Waals surface area contributed by atoms with Crippen molar-refractivity contribution in [1.29, 1.82) is 0 Å². The molecular weight excluding hydrogens is 560 g/mol. The number of fused-ring (bicyclic) bond motifs is 1. The van der Waals surface area contributed by atoms with Crippen molar-refractivity contribution >= 4 is 40.7 Å². The number of aromatic nitrogens is 1. The van der Waals surface area contributed by atoms with Crippen LogP contribution in [0.5, 0.6) is 11.5 Å². The molecule has 0 radical (unpaired) electrons. The van der Waals surface area contributed by atoms with Crippen LogP contribution in [0.1, 0.15) is 39.8 Å². The lowest BCUT2D eigenvalue weighted by molar-refractivity contribution is -0.152. The number of benzene rings is 2. The van der Waals surface area contributed by atoms with Gasteiger partial charge in [0.05, 0.1) is 17.7 Å². The van der Waals surface area contributed by atoms with Crippen LogP contribution in [0.3, 0.4) is 0 Å². The average molecular weight is 593 g/mol. The molecule has 4 rings (SSSR count). The lowest BCUT2D eigenvalue weighted by Crippen LogP contribution is -2.53. The van der Waals surface area contributed by atoms with E-state index in [0.717, 1.165) is 0 Å². The smallest absolute Gasteiger partial charge is 0.409 e. The van der Waals surface area contributed by atoms with Gasteiger partial charge in [-0.25, -0.2) is 14.6 Å². The fraction of sp³-hybridized carbons (Fsp3) is 0.333. The van der Waals surface area contributed by atoms with Crippen LogP contribution in [0, 0.1) is 12.8 Å². The summed E-state index contributed by atoms with van der Waals surface area (Å²) in [5, 5.41) is 22.3. The molecule has 0 spiro atoms. The second kappa shape index (κ2) is 13.6. The Balaban J connectivity index is 1.44. The number of carboxylic acids is 2. The number of hydrogen-bond donors (Lipinski definition) is 3. The molecule has 2 heterocycles. The van der Waals surface area contributed by atoms with Gasteiger partial charge in [-0.15, -0.1) is 0 Å². The third-order valence-electron chi connectivity index (χ3n) is 7.00. The Bertz CT molecular complexity index is 1550. The first-order valence-corrected chi connectivity index (χ1v) is 13.7. The predicted molar refractivity (Wildman–Crippen MR) is 153 cm³/mol. The molecule has 13 heteroatoms. The van der Waals surface area contributed by atoms with Gasteiger partial charge in [0.15, 0.2) is 0 Å². The maximum Gasteiger partial charge on any atom is 0.409 e. The number of carbonyl (C=O) groups excluding carboxylic acids is 3. The molecule has 2 aromatic carbocycles. The summed E-state index contributed by atoms with van der Waals surface area (Å²) in [7, 11) is 0. The van der Waals surface area contributed by atoms with Crippen LogP contribution in [0.2, 0.25) is 0 Å². The first-order valence-electron chi connectivity index (χ1n) is 13.7. The number of para-hydroxylation sites is 1. The van der Waals surface area contributed by atoms with Crippen molar-refractivity contribution in [1.82, 2.24) is 20.1 Å². The molecule has 3 aromatic rings. The number of amides is 3. The fourth-order valence-electron chi connectivity index (χ4n) is 4.62. The summed E-state index contributed by atoms with van der Waals surface area (Å²) in [5.74, 6) is -4.43. The van der Waals surface area contributed by atoms with E-state index < -0.39 is 35.8 Å². The first kappa shape index (κ1) is 30.8. The van der Waals surface area contributed by atoms with Gasteiger partial charge in [-0.1, -0.05) is 18.2 Å². The maximum atomic E-state index is 13.1. The molecule has 1 unspecified atom stereocenters. The van der Waals surface area contributed by atoms with Gasteiger partial charge in [0.1, 0.15) is 23.1 Å². The first-order chi connectivity index (χ1) is 20.6. The lowest BCUT2D eigenvalue weighted by Gasteiger charge is -2.35. The van der Waals surface area contributed by atoms with Gasteiger partial charge in [-0.2, -0.15) is 0 Å². The van der Waals surface area contributed by atoms with Crippen LogP contribution >= 0.6 is 0 Å². The maximum absolute atomic E-state index is 13.1. The van der Waals surface area contributed by atoms with E-state index in [1.165, 1.54) is 28.0 Å². The van der Waals surface area contributed by atoms with Crippen molar-refractivity contribution in [3.8, 4) is 11.5 Å². The third-order valence-corrected chi connectivity index (χ3v) is 7.00. The van der Waals surface area contributed by atoms with Crippen molar-refractivity contribution in [2.45, 2.75) is 20.3 Å².